The lowest BCUT2D eigenvalue weighted by Crippen LogP contribution is -1.99. The summed E-state index contributed by atoms with van der Waals surface area (Å²) >= 11 is 0. The topological polar surface area (TPSA) is 26.3 Å². The van der Waals surface area contributed by atoms with Gasteiger partial charge < -0.3 is 4.74 Å². The molecular weight excluding hydrogens is 176 g/mol. The standard InChI is InChI=1S/C12H12O2/c13-12-7-6-11(8-9-14-12)10-4-2-1-3-5-10/h1-5,8-9,11H,6-7H2. The van der Waals surface area contributed by atoms with Crippen LogP contribution in [0.1, 0.15) is 24.3 Å². The zero-order valence-corrected chi connectivity index (χ0v) is 7.85. The predicted molar refractivity (Wildman–Crippen MR) is 53.6 cm³/mol. The highest BCUT2D eigenvalue weighted by Crippen LogP contribution is 2.24. The van der Waals surface area contributed by atoms with Crippen LogP contribution in [0.5, 0.6) is 0 Å². The van der Waals surface area contributed by atoms with Gasteiger partial charge in [0.15, 0.2) is 0 Å². The molecule has 1 heterocycles. The minimum Gasteiger partial charge on any atom is -0.435 e. The lowest BCUT2D eigenvalue weighted by atomic mass is 9.95. The number of carbonyl (C=O) groups excluding carboxylic acids is 1. The van der Waals surface area contributed by atoms with Crippen molar-refractivity contribution in [3.8, 4) is 0 Å². The average molecular weight is 188 g/mol. The van der Waals surface area contributed by atoms with E-state index in [1.165, 1.54) is 11.8 Å². The van der Waals surface area contributed by atoms with Crippen LogP contribution in [0, 0.1) is 0 Å². The molecule has 0 saturated carbocycles. The number of hydrogen-bond acceptors (Lipinski definition) is 2. The first-order valence-corrected chi connectivity index (χ1v) is 4.77. The summed E-state index contributed by atoms with van der Waals surface area (Å²) in [4.78, 5) is 11.0. The molecule has 0 aliphatic carbocycles. The molecule has 1 aromatic rings. The Morgan fingerprint density at radius 1 is 1.21 bits per heavy atom. The maximum Gasteiger partial charge on any atom is 0.310 e. The summed E-state index contributed by atoms with van der Waals surface area (Å²) in [6, 6.07) is 10.2. The third-order valence-electron chi connectivity index (χ3n) is 2.40. The molecule has 14 heavy (non-hydrogen) atoms. The van der Waals surface area contributed by atoms with E-state index in [1.54, 1.807) is 0 Å². The maximum atomic E-state index is 11.0. The SMILES string of the molecule is O=C1CCC(c2ccccc2)C=CO1. The predicted octanol–water partition coefficient (Wildman–Crippen LogP) is 2.62. The molecule has 0 aromatic heterocycles. The third kappa shape index (κ3) is 2.02. The number of esters is 1. The van der Waals surface area contributed by atoms with Crippen LogP contribution in [0.2, 0.25) is 0 Å². The lowest BCUT2D eigenvalue weighted by molar-refractivity contribution is -0.137. The highest BCUT2D eigenvalue weighted by molar-refractivity contribution is 5.70. The third-order valence-corrected chi connectivity index (χ3v) is 2.40. The van der Waals surface area contributed by atoms with Crippen molar-refractivity contribution in [2.75, 3.05) is 0 Å². The van der Waals surface area contributed by atoms with Gasteiger partial charge in [0, 0.05) is 12.3 Å². The summed E-state index contributed by atoms with van der Waals surface area (Å²) in [5.41, 5.74) is 1.24. The summed E-state index contributed by atoms with van der Waals surface area (Å²) < 4.78 is 4.84. The summed E-state index contributed by atoms with van der Waals surface area (Å²) in [6.45, 7) is 0. The Balaban J connectivity index is 2.16. The molecule has 0 saturated heterocycles. The summed E-state index contributed by atoms with van der Waals surface area (Å²) in [5, 5.41) is 0. The molecule has 0 N–H and O–H groups in total. The smallest absolute Gasteiger partial charge is 0.310 e. The number of ether oxygens (including phenoxy) is 1. The summed E-state index contributed by atoms with van der Waals surface area (Å²) in [7, 11) is 0. The fraction of sp³-hybridized carbons (Fsp3) is 0.250. The molecule has 1 atom stereocenters. The highest BCUT2D eigenvalue weighted by atomic mass is 16.5. The van der Waals surface area contributed by atoms with Crippen molar-refractivity contribution in [3.05, 3.63) is 48.2 Å². The Morgan fingerprint density at radius 3 is 2.79 bits per heavy atom. The van der Waals surface area contributed by atoms with Crippen LogP contribution in [0.25, 0.3) is 0 Å². The molecule has 72 valence electrons. The normalized spacial score (nSPS) is 21.4. The van der Waals surface area contributed by atoms with Crippen molar-refractivity contribution in [2.24, 2.45) is 0 Å². The van der Waals surface area contributed by atoms with Gasteiger partial charge in [0.1, 0.15) is 0 Å². The molecule has 1 unspecified atom stereocenters. The largest absolute Gasteiger partial charge is 0.435 e. The quantitative estimate of drug-likeness (QED) is 0.633. The van der Waals surface area contributed by atoms with Crippen molar-refractivity contribution in [2.45, 2.75) is 18.8 Å². The van der Waals surface area contributed by atoms with Gasteiger partial charge in [0.05, 0.1) is 6.26 Å². The van der Waals surface area contributed by atoms with Crippen LogP contribution in [0.3, 0.4) is 0 Å². The molecule has 0 amide bonds. The molecule has 0 radical (unpaired) electrons. The Bertz CT molecular complexity index is 341. The van der Waals surface area contributed by atoms with Gasteiger partial charge in [-0.1, -0.05) is 30.3 Å². The van der Waals surface area contributed by atoms with Crippen molar-refractivity contribution in [1.82, 2.24) is 0 Å². The van der Waals surface area contributed by atoms with Crippen LogP contribution in [0.4, 0.5) is 0 Å². The van der Waals surface area contributed by atoms with Crippen LogP contribution in [0.15, 0.2) is 42.7 Å². The molecular formula is C12H12O2. The van der Waals surface area contributed by atoms with Crippen LogP contribution < -0.4 is 0 Å². The fourth-order valence-electron chi connectivity index (χ4n) is 1.62. The van der Waals surface area contributed by atoms with Crippen molar-refractivity contribution >= 4 is 5.97 Å². The van der Waals surface area contributed by atoms with Gasteiger partial charge in [-0.15, -0.1) is 0 Å². The molecule has 1 aliphatic rings. The number of hydrogen-bond donors (Lipinski definition) is 0. The van der Waals surface area contributed by atoms with Crippen molar-refractivity contribution < 1.29 is 9.53 Å². The summed E-state index contributed by atoms with van der Waals surface area (Å²) in [5.74, 6) is 0.169. The first-order valence-electron chi connectivity index (χ1n) is 4.77. The van der Waals surface area contributed by atoms with Crippen molar-refractivity contribution in [3.63, 3.8) is 0 Å². The Labute approximate surface area is 83.2 Å². The van der Waals surface area contributed by atoms with E-state index in [0.717, 1.165) is 6.42 Å². The van der Waals surface area contributed by atoms with Gasteiger partial charge in [-0.2, -0.15) is 0 Å². The first kappa shape index (κ1) is 9.00. The van der Waals surface area contributed by atoms with Gasteiger partial charge in [-0.25, -0.2) is 0 Å². The van der Waals surface area contributed by atoms with Crippen LogP contribution >= 0.6 is 0 Å². The van der Waals surface area contributed by atoms with Crippen LogP contribution in [-0.4, -0.2) is 5.97 Å². The van der Waals surface area contributed by atoms with Gasteiger partial charge in [0.2, 0.25) is 0 Å². The molecule has 2 nitrogen and oxygen atoms in total. The molecule has 2 heteroatoms. The number of carbonyl (C=O) groups is 1. The van der Waals surface area contributed by atoms with E-state index in [1.807, 2.05) is 24.3 Å². The summed E-state index contributed by atoms with van der Waals surface area (Å²) in [6.07, 6.45) is 4.78. The van der Waals surface area contributed by atoms with Gasteiger partial charge in [-0.3, -0.25) is 4.79 Å². The second-order valence-electron chi connectivity index (χ2n) is 3.37. The van der Waals surface area contributed by atoms with E-state index in [4.69, 9.17) is 4.74 Å². The van der Waals surface area contributed by atoms with Gasteiger partial charge in [-0.05, 0) is 18.1 Å². The minimum atomic E-state index is -0.139. The van der Waals surface area contributed by atoms with E-state index >= 15 is 0 Å². The second kappa shape index (κ2) is 4.09. The second-order valence-corrected chi connectivity index (χ2v) is 3.37. The van der Waals surface area contributed by atoms with Crippen LogP contribution in [-0.2, 0) is 9.53 Å². The van der Waals surface area contributed by atoms with Gasteiger partial charge in [0.25, 0.3) is 0 Å². The zero-order chi connectivity index (χ0) is 9.80. The maximum absolute atomic E-state index is 11.0. The lowest BCUT2D eigenvalue weighted by Gasteiger charge is -2.08. The van der Waals surface area contributed by atoms with E-state index in [9.17, 15) is 4.79 Å². The molecule has 0 fully saturated rings. The minimum absolute atomic E-state index is 0.139. The van der Waals surface area contributed by atoms with E-state index in [0.29, 0.717) is 12.3 Å². The molecule has 0 bridgehead atoms. The number of benzene rings is 1. The monoisotopic (exact) mass is 188 g/mol. The average Bonchev–Trinajstić information content (AvgIpc) is 2.44. The first-order chi connectivity index (χ1) is 6.86. The molecule has 2 rings (SSSR count). The van der Waals surface area contributed by atoms with Gasteiger partial charge >= 0.3 is 5.97 Å². The van der Waals surface area contributed by atoms with E-state index in [-0.39, 0.29) is 5.97 Å². The highest BCUT2D eigenvalue weighted by Gasteiger charge is 2.14. The van der Waals surface area contributed by atoms with Crippen molar-refractivity contribution in [1.29, 1.82) is 0 Å². The molecule has 0 spiro atoms. The number of rotatable bonds is 1. The van der Waals surface area contributed by atoms with E-state index in [2.05, 4.69) is 12.1 Å². The Kier molecular flexibility index (Phi) is 2.63. The fourth-order valence-corrected chi connectivity index (χ4v) is 1.62. The van der Waals surface area contributed by atoms with E-state index < -0.39 is 0 Å². The Hall–Kier alpha value is -1.57. The Morgan fingerprint density at radius 2 is 2.00 bits per heavy atom. The number of allylic oxidation sites excluding steroid dienone is 1. The number of cyclic esters (lactones) is 1. The zero-order valence-electron chi connectivity index (χ0n) is 7.85. The molecule has 1 aliphatic heterocycles. The molecule has 1 aromatic carbocycles.